The summed E-state index contributed by atoms with van der Waals surface area (Å²) in [5.41, 5.74) is 1.90. The van der Waals surface area contributed by atoms with E-state index in [1.165, 1.54) is 0 Å². The van der Waals surface area contributed by atoms with Crippen molar-refractivity contribution in [2.75, 3.05) is 0 Å². The van der Waals surface area contributed by atoms with Crippen molar-refractivity contribution in [1.82, 2.24) is 9.97 Å². The highest BCUT2D eigenvalue weighted by atomic mass is 16.3. The van der Waals surface area contributed by atoms with E-state index < -0.39 is 0 Å². The Bertz CT molecular complexity index is 520. The number of aromatic hydroxyl groups is 1. The van der Waals surface area contributed by atoms with Crippen LogP contribution >= 0.6 is 0 Å². The van der Waals surface area contributed by atoms with Crippen molar-refractivity contribution in [3.05, 3.63) is 67.0 Å². The lowest BCUT2D eigenvalue weighted by Crippen LogP contribution is -1.78. The second kappa shape index (κ2) is 6.98. The topological polar surface area (TPSA) is 77.5 Å². The lowest BCUT2D eigenvalue weighted by atomic mass is 10.3. The second-order valence-electron chi connectivity index (χ2n) is 3.38. The lowest BCUT2D eigenvalue weighted by molar-refractivity contribution is 0.475. The van der Waals surface area contributed by atoms with Gasteiger partial charge in [-0.3, -0.25) is 9.97 Å². The van der Waals surface area contributed by atoms with Gasteiger partial charge in [-0.2, -0.15) is 0 Å². The predicted octanol–water partition coefficient (Wildman–Crippen LogP) is 2.20. The van der Waals surface area contributed by atoms with Gasteiger partial charge in [0, 0.05) is 12.4 Å². The number of phenols is 1. The van der Waals surface area contributed by atoms with E-state index in [-0.39, 0.29) is 5.48 Å². The van der Waals surface area contributed by atoms with E-state index in [2.05, 4.69) is 9.97 Å². The minimum atomic E-state index is 0. The monoisotopic (exact) mass is 242 g/mol. The number of nitrogens with zero attached hydrogens (tertiary/aromatic N) is 2. The molecule has 0 atom stereocenters. The maximum atomic E-state index is 8.63. The number of hydrogen-bond acceptors (Lipinski definition) is 3. The second-order valence-corrected chi connectivity index (χ2v) is 3.38. The quantitative estimate of drug-likeness (QED) is 0.656. The molecule has 0 amide bonds. The van der Waals surface area contributed by atoms with Crippen molar-refractivity contribution in [3.63, 3.8) is 0 Å². The molecule has 3 N–H and O–H groups in total. The van der Waals surface area contributed by atoms with Gasteiger partial charge in [0.05, 0.1) is 11.0 Å². The van der Waals surface area contributed by atoms with E-state index >= 15 is 0 Å². The van der Waals surface area contributed by atoms with E-state index in [4.69, 9.17) is 5.11 Å². The molecule has 0 unspecified atom stereocenters. The molecule has 1 aromatic heterocycles. The van der Waals surface area contributed by atoms with Gasteiger partial charge in [0.25, 0.3) is 0 Å². The Kier molecular flexibility index (Phi) is 5.28. The van der Waals surface area contributed by atoms with E-state index in [0.29, 0.717) is 5.75 Å². The normalized spacial score (nSPS) is 8.89. The third-order valence-electron chi connectivity index (χ3n) is 2.13. The van der Waals surface area contributed by atoms with Gasteiger partial charge in [-0.15, -0.1) is 0 Å². The summed E-state index contributed by atoms with van der Waals surface area (Å²) in [6.07, 6.45) is 3.39. The number of hydrogen-bond donors (Lipinski definition) is 1. The first-order valence-corrected chi connectivity index (χ1v) is 5.26. The van der Waals surface area contributed by atoms with Gasteiger partial charge in [-0.05, 0) is 24.3 Å². The summed E-state index contributed by atoms with van der Waals surface area (Å²) in [6, 6.07) is 16.5. The zero-order valence-electron chi connectivity index (χ0n) is 9.69. The van der Waals surface area contributed by atoms with Crippen molar-refractivity contribution in [2.45, 2.75) is 0 Å². The highest BCUT2D eigenvalue weighted by Crippen LogP contribution is 2.04. The van der Waals surface area contributed by atoms with Gasteiger partial charge >= 0.3 is 0 Å². The number of phenolic OH excluding ortho intramolecular Hbond substituents is 1. The Balaban J connectivity index is 0.000000181. The summed E-state index contributed by atoms with van der Waals surface area (Å²) in [5, 5.41) is 8.63. The summed E-state index contributed by atoms with van der Waals surface area (Å²) in [4.78, 5) is 8.24. The smallest absolute Gasteiger partial charge is 0.115 e. The average Bonchev–Trinajstić information content (AvgIpc) is 2.41. The molecule has 0 bridgehead atoms. The first-order chi connectivity index (χ1) is 8.36. The van der Waals surface area contributed by atoms with Crippen LogP contribution in [0.1, 0.15) is 0 Å². The maximum absolute atomic E-state index is 8.63. The molecule has 3 rings (SSSR count). The molecule has 3 aromatic rings. The fourth-order valence-corrected chi connectivity index (χ4v) is 1.34. The summed E-state index contributed by atoms with van der Waals surface area (Å²) in [7, 11) is 0. The van der Waals surface area contributed by atoms with Crippen molar-refractivity contribution in [3.8, 4) is 5.75 Å². The zero-order chi connectivity index (χ0) is 11.9. The molecule has 0 fully saturated rings. The predicted molar refractivity (Wildman–Crippen MR) is 71.3 cm³/mol. The van der Waals surface area contributed by atoms with E-state index in [1.807, 2.05) is 30.3 Å². The van der Waals surface area contributed by atoms with Gasteiger partial charge in [-0.25, -0.2) is 0 Å². The van der Waals surface area contributed by atoms with Crippen LogP contribution in [-0.2, 0) is 0 Å². The molecule has 1 heterocycles. The van der Waals surface area contributed by atoms with Gasteiger partial charge in [0.2, 0.25) is 0 Å². The molecule has 92 valence electrons. The third-order valence-corrected chi connectivity index (χ3v) is 2.13. The molecule has 2 aromatic carbocycles. The van der Waals surface area contributed by atoms with Crippen LogP contribution < -0.4 is 0 Å². The molecule has 0 aliphatic carbocycles. The minimum Gasteiger partial charge on any atom is -0.508 e. The van der Waals surface area contributed by atoms with E-state index in [0.717, 1.165) is 11.0 Å². The largest absolute Gasteiger partial charge is 0.508 e. The fourth-order valence-electron chi connectivity index (χ4n) is 1.34. The summed E-state index contributed by atoms with van der Waals surface area (Å²) >= 11 is 0. The van der Waals surface area contributed by atoms with E-state index in [9.17, 15) is 0 Å². The van der Waals surface area contributed by atoms with Gasteiger partial charge in [0.1, 0.15) is 5.75 Å². The third kappa shape index (κ3) is 3.84. The first kappa shape index (κ1) is 13.6. The van der Waals surface area contributed by atoms with Crippen LogP contribution in [0, 0.1) is 0 Å². The standard InChI is InChI=1S/C8H6N2.C6H6O.H2O/c1-2-4-8-7(3-1)9-5-6-10-8;7-6-4-2-1-3-5-6;/h1-6H;1-5,7H;1H2. The summed E-state index contributed by atoms with van der Waals surface area (Å²) in [5.74, 6) is 0.322. The van der Waals surface area contributed by atoms with Crippen LogP contribution in [-0.4, -0.2) is 20.6 Å². The Morgan fingerprint density at radius 3 is 1.50 bits per heavy atom. The Morgan fingerprint density at radius 1 is 0.667 bits per heavy atom. The summed E-state index contributed by atoms with van der Waals surface area (Å²) in [6.45, 7) is 0. The molecule has 18 heavy (non-hydrogen) atoms. The van der Waals surface area contributed by atoms with Crippen LogP contribution in [0.3, 0.4) is 0 Å². The molecule has 0 radical (unpaired) electrons. The number of para-hydroxylation sites is 3. The average molecular weight is 242 g/mol. The van der Waals surface area contributed by atoms with Crippen molar-refractivity contribution in [1.29, 1.82) is 0 Å². The number of aromatic nitrogens is 2. The highest BCUT2D eigenvalue weighted by Gasteiger charge is 1.88. The Labute approximate surface area is 105 Å². The molecule has 4 nitrogen and oxygen atoms in total. The molecule has 0 aliphatic rings. The number of rotatable bonds is 0. The molecular formula is C14H14N2O2. The highest BCUT2D eigenvalue weighted by molar-refractivity contribution is 5.72. The lowest BCUT2D eigenvalue weighted by Gasteiger charge is -1.90. The Morgan fingerprint density at radius 2 is 1.11 bits per heavy atom. The number of benzene rings is 2. The molecule has 4 heteroatoms. The molecule has 0 aliphatic heterocycles. The molecule has 0 saturated heterocycles. The SMILES string of the molecule is O.Oc1ccccc1.c1ccc2nccnc2c1. The van der Waals surface area contributed by atoms with E-state index in [1.54, 1.807) is 36.7 Å². The molecular weight excluding hydrogens is 228 g/mol. The van der Waals surface area contributed by atoms with Crippen molar-refractivity contribution < 1.29 is 10.6 Å². The maximum Gasteiger partial charge on any atom is 0.115 e. The first-order valence-electron chi connectivity index (χ1n) is 5.26. The van der Waals surface area contributed by atoms with Crippen LogP contribution in [0.4, 0.5) is 0 Å². The Hall–Kier alpha value is -2.46. The van der Waals surface area contributed by atoms with Crippen molar-refractivity contribution in [2.24, 2.45) is 0 Å². The van der Waals surface area contributed by atoms with Crippen LogP contribution in [0.2, 0.25) is 0 Å². The van der Waals surface area contributed by atoms with Crippen molar-refractivity contribution >= 4 is 11.0 Å². The van der Waals surface area contributed by atoms with Crippen LogP contribution in [0.15, 0.2) is 67.0 Å². The minimum absolute atomic E-state index is 0. The van der Waals surface area contributed by atoms with Gasteiger partial charge in [-0.1, -0.05) is 30.3 Å². The van der Waals surface area contributed by atoms with Crippen LogP contribution in [0.5, 0.6) is 5.75 Å². The fraction of sp³-hybridized carbons (Fsp3) is 0. The van der Waals surface area contributed by atoms with Gasteiger partial charge in [0.15, 0.2) is 0 Å². The molecule has 0 saturated carbocycles. The van der Waals surface area contributed by atoms with Gasteiger partial charge < -0.3 is 10.6 Å². The summed E-state index contributed by atoms with van der Waals surface area (Å²) < 4.78 is 0. The zero-order valence-corrected chi connectivity index (χ0v) is 9.69. The van der Waals surface area contributed by atoms with Crippen LogP contribution in [0.25, 0.3) is 11.0 Å². The number of fused-ring (bicyclic) bond motifs is 1. The molecule has 0 spiro atoms.